The topological polar surface area (TPSA) is 30.3 Å². The zero-order valence-electron chi connectivity index (χ0n) is 15.0. The molecule has 140 valence electrons. The molecule has 1 aromatic heterocycles. The lowest BCUT2D eigenvalue weighted by atomic mass is 10.2. The highest BCUT2D eigenvalue weighted by atomic mass is 35.5. The molecule has 0 aliphatic carbocycles. The van der Waals surface area contributed by atoms with Crippen LogP contribution in [0.4, 0.5) is 5.69 Å². The highest BCUT2D eigenvalue weighted by molar-refractivity contribution is 7.98. The molecular formula is C19H23Cl2N3OS. The van der Waals surface area contributed by atoms with Crippen LogP contribution in [0.15, 0.2) is 66.1 Å². The van der Waals surface area contributed by atoms with Crippen molar-refractivity contribution in [3.63, 3.8) is 0 Å². The summed E-state index contributed by atoms with van der Waals surface area (Å²) in [5, 5.41) is 0.980. The number of aromatic nitrogens is 2. The summed E-state index contributed by atoms with van der Waals surface area (Å²) in [7, 11) is 5.82. The largest absolute Gasteiger partial charge is 0.497 e. The van der Waals surface area contributed by atoms with Crippen molar-refractivity contribution in [2.75, 3.05) is 26.1 Å². The van der Waals surface area contributed by atoms with E-state index < -0.39 is 0 Å². The minimum Gasteiger partial charge on any atom is -0.497 e. The Hall–Kier alpha value is -1.82. The van der Waals surface area contributed by atoms with E-state index in [2.05, 4.69) is 52.8 Å². The predicted molar refractivity (Wildman–Crippen MR) is 115 cm³/mol. The van der Waals surface area contributed by atoms with Gasteiger partial charge in [0.15, 0.2) is 5.16 Å². The first-order chi connectivity index (χ1) is 11.7. The summed E-state index contributed by atoms with van der Waals surface area (Å²) in [5.41, 5.74) is 3.63. The Morgan fingerprint density at radius 3 is 2.38 bits per heavy atom. The van der Waals surface area contributed by atoms with Crippen molar-refractivity contribution >= 4 is 42.3 Å². The van der Waals surface area contributed by atoms with Crippen molar-refractivity contribution in [2.45, 2.75) is 10.9 Å². The van der Waals surface area contributed by atoms with Crippen molar-refractivity contribution in [1.29, 1.82) is 0 Å². The molecule has 4 nitrogen and oxygen atoms in total. The quantitative estimate of drug-likeness (QED) is 0.528. The molecule has 3 rings (SSSR count). The van der Waals surface area contributed by atoms with E-state index >= 15 is 0 Å². The number of hydrogen-bond donors (Lipinski definition) is 0. The van der Waals surface area contributed by atoms with E-state index in [1.165, 1.54) is 11.3 Å². The molecule has 1 heterocycles. The molecule has 0 atom stereocenters. The maximum atomic E-state index is 5.22. The maximum Gasteiger partial charge on any atom is 0.172 e. The summed E-state index contributed by atoms with van der Waals surface area (Å²) >= 11 is 1.74. The molecule has 0 radical (unpaired) electrons. The zero-order valence-corrected chi connectivity index (χ0v) is 17.4. The van der Waals surface area contributed by atoms with Crippen molar-refractivity contribution in [2.24, 2.45) is 0 Å². The van der Waals surface area contributed by atoms with Gasteiger partial charge in [-0.05, 0) is 35.9 Å². The number of anilines is 1. The van der Waals surface area contributed by atoms with Gasteiger partial charge < -0.3 is 9.64 Å². The number of ether oxygens (including phenoxy) is 1. The number of imidazole rings is 1. The Labute approximate surface area is 171 Å². The van der Waals surface area contributed by atoms with Crippen LogP contribution >= 0.6 is 36.6 Å². The van der Waals surface area contributed by atoms with Crippen molar-refractivity contribution in [3.8, 4) is 11.4 Å². The Morgan fingerprint density at radius 1 is 1.04 bits per heavy atom. The Morgan fingerprint density at radius 2 is 1.73 bits per heavy atom. The number of benzene rings is 2. The molecule has 0 saturated carbocycles. The normalized spacial score (nSPS) is 9.81. The number of thioether (sulfide) groups is 1. The number of nitrogens with zero attached hydrogens (tertiary/aromatic N) is 3. The Bertz CT molecular complexity index is 807. The van der Waals surface area contributed by atoms with Crippen molar-refractivity contribution in [3.05, 3.63) is 66.5 Å². The van der Waals surface area contributed by atoms with Crippen LogP contribution in [0.3, 0.4) is 0 Å². The third-order valence-electron chi connectivity index (χ3n) is 3.79. The van der Waals surface area contributed by atoms with Crippen LogP contribution in [-0.2, 0) is 5.75 Å². The van der Waals surface area contributed by atoms with Gasteiger partial charge in [-0.15, -0.1) is 24.8 Å². The second-order valence-corrected chi connectivity index (χ2v) is 6.53. The summed E-state index contributed by atoms with van der Waals surface area (Å²) in [6.45, 7) is 0. The van der Waals surface area contributed by atoms with Crippen LogP contribution in [0.2, 0.25) is 0 Å². The van der Waals surface area contributed by atoms with Gasteiger partial charge in [0.25, 0.3) is 0 Å². The minimum atomic E-state index is 0. The van der Waals surface area contributed by atoms with Crippen LogP contribution in [0.1, 0.15) is 5.56 Å². The van der Waals surface area contributed by atoms with Crippen molar-refractivity contribution < 1.29 is 4.74 Å². The first-order valence-electron chi connectivity index (χ1n) is 7.75. The number of halogens is 2. The Kier molecular flexibility index (Phi) is 8.85. The molecule has 0 spiro atoms. The van der Waals surface area contributed by atoms with Gasteiger partial charge in [-0.25, -0.2) is 4.98 Å². The Balaban J connectivity index is 0.00000169. The first-order valence-corrected chi connectivity index (χ1v) is 8.73. The SMILES string of the molecule is COc1ccc(-n2ccnc2SCc2ccccc2N(C)C)cc1.Cl.Cl. The molecule has 0 saturated heterocycles. The van der Waals surface area contributed by atoms with Gasteiger partial charge in [0.1, 0.15) is 5.75 Å². The first kappa shape index (κ1) is 22.2. The van der Waals surface area contributed by atoms with Crippen molar-refractivity contribution in [1.82, 2.24) is 9.55 Å². The molecule has 26 heavy (non-hydrogen) atoms. The number of para-hydroxylation sites is 1. The molecular weight excluding hydrogens is 389 g/mol. The van der Waals surface area contributed by atoms with Crippen LogP contribution in [0.5, 0.6) is 5.75 Å². The van der Waals surface area contributed by atoms with E-state index in [0.29, 0.717) is 0 Å². The summed E-state index contributed by atoms with van der Waals surface area (Å²) < 4.78 is 7.32. The molecule has 0 unspecified atom stereocenters. The second kappa shape index (κ2) is 10.4. The highest BCUT2D eigenvalue weighted by Gasteiger charge is 2.09. The lowest BCUT2D eigenvalue weighted by Gasteiger charge is -2.17. The van der Waals surface area contributed by atoms with Gasteiger partial charge >= 0.3 is 0 Å². The summed E-state index contributed by atoms with van der Waals surface area (Å²) in [4.78, 5) is 6.65. The maximum absolute atomic E-state index is 5.22. The third kappa shape index (κ3) is 5.10. The molecule has 7 heteroatoms. The number of rotatable bonds is 6. The van der Waals surface area contributed by atoms with Gasteiger partial charge in [-0.1, -0.05) is 30.0 Å². The average molecular weight is 412 g/mol. The average Bonchev–Trinajstić information content (AvgIpc) is 3.08. The molecule has 0 bridgehead atoms. The fourth-order valence-electron chi connectivity index (χ4n) is 2.55. The number of hydrogen-bond acceptors (Lipinski definition) is 4. The molecule has 0 aliphatic heterocycles. The van der Waals surface area contributed by atoms with E-state index in [0.717, 1.165) is 22.3 Å². The predicted octanol–water partition coefficient (Wildman–Crippen LogP) is 5.08. The fourth-order valence-corrected chi connectivity index (χ4v) is 3.52. The fraction of sp³-hybridized carbons (Fsp3) is 0.211. The summed E-state index contributed by atoms with van der Waals surface area (Å²) in [5.74, 6) is 1.73. The third-order valence-corrected chi connectivity index (χ3v) is 4.80. The second-order valence-electron chi connectivity index (χ2n) is 5.59. The zero-order chi connectivity index (χ0) is 16.9. The summed E-state index contributed by atoms with van der Waals surface area (Å²) in [6, 6.07) is 16.5. The smallest absolute Gasteiger partial charge is 0.172 e. The minimum absolute atomic E-state index is 0. The van der Waals surface area contributed by atoms with E-state index in [-0.39, 0.29) is 24.8 Å². The van der Waals surface area contributed by atoms with Gasteiger partial charge in [0.2, 0.25) is 0 Å². The van der Waals surface area contributed by atoms with Crippen LogP contribution in [0, 0.1) is 0 Å². The van der Waals surface area contributed by atoms with Gasteiger partial charge in [-0.3, -0.25) is 4.57 Å². The molecule has 0 amide bonds. The lowest BCUT2D eigenvalue weighted by molar-refractivity contribution is 0.414. The summed E-state index contributed by atoms with van der Waals surface area (Å²) in [6.07, 6.45) is 3.83. The van der Waals surface area contributed by atoms with E-state index in [1.54, 1.807) is 18.9 Å². The number of methoxy groups -OCH3 is 1. The highest BCUT2D eigenvalue weighted by Crippen LogP contribution is 2.28. The molecule has 0 fully saturated rings. The molecule has 3 aromatic rings. The van der Waals surface area contributed by atoms with Gasteiger partial charge in [0.05, 0.1) is 7.11 Å². The lowest BCUT2D eigenvalue weighted by Crippen LogP contribution is -2.10. The van der Waals surface area contributed by atoms with E-state index in [4.69, 9.17) is 4.74 Å². The van der Waals surface area contributed by atoms with Gasteiger partial charge in [0, 0.05) is 43.6 Å². The molecule has 2 aromatic carbocycles. The standard InChI is InChI=1S/C19H21N3OS.2ClH/c1-21(2)18-7-5-4-6-15(18)14-24-19-20-12-13-22(19)16-8-10-17(23-3)11-9-16;;/h4-13H,14H2,1-3H3;2*1H. The van der Waals surface area contributed by atoms with Gasteiger partial charge in [-0.2, -0.15) is 0 Å². The van der Waals surface area contributed by atoms with E-state index in [9.17, 15) is 0 Å². The van der Waals surface area contributed by atoms with Crippen LogP contribution < -0.4 is 9.64 Å². The van der Waals surface area contributed by atoms with E-state index in [1.807, 2.05) is 36.7 Å². The van der Waals surface area contributed by atoms with Crippen LogP contribution in [-0.4, -0.2) is 30.8 Å². The monoisotopic (exact) mass is 411 g/mol. The van der Waals surface area contributed by atoms with Crippen LogP contribution in [0.25, 0.3) is 5.69 Å². The molecule has 0 aliphatic rings. The molecule has 0 N–H and O–H groups in total.